The van der Waals surface area contributed by atoms with Gasteiger partial charge >= 0.3 is 0 Å². The van der Waals surface area contributed by atoms with Gasteiger partial charge in [0.1, 0.15) is 5.82 Å². The first-order chi connectivity index (χ1) is 9.74. The second-order valence-electron chi connectivity index (χ2n) is 5.13. The van der Waals surface area contributed by atoms with Crippen molar-refractivity contribution < 1.29 is 0 Å². The van der Waals surface area contributed by atoms with Crippen LogP contribution in [0.4, 0.5) is 5.82 Å². The van der Waals surface area contributed by atoms with E-state index in [1.807, 2.05) is 12.3 Å². The molecule has 0 atom stereocenters. The average Bonchev–Trinajstić information content (AvgIpc) is 2.41. The van der Waals surface area contributed by atoms with Crippen LogP contribution in [0.1, 0.15) is 5.56 Å². The molecule has 20 heavy (non-hydrogen) atoms. The maximum atomic E-state index is 4.33. The number of hydrogen-bond acceptors (Lipinski definition) is 4. The maximum absolute atomic E-state index is 4.33. The molecule has 0 aliphatic carbocycles. The topological polar surface area (TPSA) is 32.3 Å². The highest BCUT2D eigenvalue weighted by molar-refractivity contribution is 9.10. The van der Waals surface area contributed by atoms with Crippen LogP contribution in [0.25, 0.3) is 0 Å². The summed E-state index contributed by atoms with van der Waals surface area (Å²) in [5, 5.41) is 0. The van der Waals surface area contributed by atoms with Gasteiger partial charge in [-0.25, -0.2) is 4.98 Å². The van der Waals surface area contributed by atoms with E-state index in [0.29, 0.717) is 6.04 Å². The van der Waals surface area contributed by atoms with Crippen LogP contribution in [-0.2, 0) is 6.54 Å². The van der Waals surface area contributed by atoms with E-state index in [9.17, 15) is 0 Å². The van der Waals surface area contributed by atoms with E-state index >= 15 is 0 Å². The maximum Gasteiger partial charge on any atom is 0.147 e. The number of hydrogen-bond donors (Lipinski definition) is 0. The molecule has 0 spiro atoms. The van der Waals surface area contributed by atoms with Crippen molar-refractivity contribution >= 4 is 21.7 Å². The fourth-order valence-electron chi connectivity index (χ4n) is 2.40. The minimum Gasteiger partial charge on any atom is -0.352 e. The van der Waals surface area contributed by atoms with Gasteiger partial charge in [-0.1, -0.05) is 34.1 Å². The molecule has 1 aliphatic rings. The van der Waals surface area contributed by atoms with Crippen molar-refractivity contribution in [3.05, 3.63) is 52.9 Å². The summed E-state index contributed by atoms with van der Waals surface area (Å²) in [7, 11) is 2.18. The minimum atomic E-state index is 0.573. The molecular formula is C15H17BrN4. The van der Waals surface area contributed by atoms with Crippen LogP contribution in [0.15, 0.2) is 47.3 Å². The quantitative estimate of drug-likeness (QED) is 0.861. The van der Waals surface area contributed by atoms with Crippen molar-refractivity contribution in [2.75, 3.05) is 25.0 Å². The predicted octanol–water partition coefficient (Wildman–Crippen LogP) is 2.56. The lowest BCUT2D eigenvalue weighted by molar-refractivity contribution is 0.196. The highest BCUT2D eigenvalue weighted by Crippen LogP contribution is 2.23. The number of rotatable bonds is 4. The number of nitrogens with zero attached hydrogens (tertiary/aromatic N) is 4. The van der Waals surface area contributed by atoms with E-state index in [-0.39, 0.29) is 0 Å². The first-order valence-corrected chi connectivity index (χ1v) is 7.48. The zero-order valence-electron chi connectivity index (χ0n) is 11.4. The van der Waals surface area contributed by atoms with Crippen LogP contribution >= 0.6 is 15.9 Å². The molecule has 3 rings (SSSR count). The Morgan fingerprint density at radius 3 is 2.80 bits per heavy atom. The summed E-state index contributed by atoms with van der Waals surface area (Å²) in [6.07, 6.45) is 5.28. The summed E-state index contributed by atoms with van der Waals surface area (Å²) in [5.41, 5.74) is 1.33. The van der Waals surface area contributed by atoms with Crippen molar-refractivity contribution in [2.24, 2.45) is 0 Å². The highest BCUT2D eigenvalue weighted by atomic mass is 79.9. The lowest BCUT2D eigenvalue weighted by Crippen LogP contribution is -2.58. The monoisotopic (exact) mass is 332 g/mol. The second kappa shape index (κ2) is 5.89. The Labute approximate surface area is 127 Å². The molecule has 0 radical (unpaired) electrons. The molecule has 104 valence electrons. The first kappa shape index (κ1) is 13.5. The van der Waals surface area contributed by atoms with Crippen LogP contribution in [0.3, 0.4) is 0 Å². The van der Waals surface area contributed by atoms with Crippen molar-refractivity contribution in [3.8, 4) is 0 Å². The summed E-state index contributed by atoms with van der Waals surface area (Å²) in [6, 6.07) is 8.96. The lowest BCUT2D eigenvalue weighted by Gasteiger charge is -2.44. The molecule has 2 aromatic rings. The standard InChI is InChI=1S/C15H17BrN4/c1-19(9-12-4-2-3-5-14(12)16)13-10-20(11-13)15-8-17-6-7-18-15/h2-8,13H,9-11H2,1H3. The molecular weight excluding hydrogens is 316 g/mol. The van der Waals surface area contributed by atoms with Crippen molar-refractivity contribution in [1.82, 2.24) is 14.9 Å². The zero-order chi connectivity index (χ0) is 13.9. The molecule has 5 heteroatoms. The van der Waals surface area contributed by atoms with E-state index in [1.54, 1.807) is 12.4 Å². The number of benzene rings is 1. The average molecular weight is 333 g/mol. The highest BCUT2D eigenvalue weighted by Gasteiger charge is 2.30. The third-order valence-electron chi connectivity index (χ3n) is 3.74. The van der Waals surface area contributed by atoms with Gasteiger partial charge in [0, 0.05) is 42.5 Å². The van der Waals surface area contributed by atoms with E-state index in [0.717, 1.165) is 25.5 Å². The number of halogens is 1. The van der Waals surface area contributed by atoms with Crippen LogP contribution in [0.5, 0.6) is 0 Å². The van der Waals surface area contributed by atoms with E-state index in [1.165, 1.54) is 10.0 Å². The fraction of sp³-hybridized carbons (Fsp3) is 0.333. The normalized spacial score (nSPS) is 15.4. The number of anilines is 1. The molecule has 1 saturated heterocycles. The van der Waals surface area contributed by atoms with Gasteiger partial charge in [0.15, 0.2) is 0 Å². The van der Waals surface area contributed by atoms with Gasteiger partial charge in [-0.2, -0.15) is 0 Å². The summed E-state index contributed by atoms with van der Waals surface area (Å²) < 4.78 is 1.18. The minimum absolute atomic E-state index is 0.573. The van der Waals surface area contributed by atoms with Crippen LogP contribution in [-0.4, -0.2) is 41.0 Å². The molecule has 4 nitrogen and oxygen atoms in total. The molecule has 0 N–H and O–H groups in total. The smallest absolute Gasteiger partial charge is 0.147 e. The van der Waals surface area contributed by atoms with Gasteiger partial charge in [0.05, 0.1) is 6.20 Å². The van der Waals surface area contributed by atoms with Gasteiger partial charge in [-0.05, 0) is 18.7 Å². The van der Waals surface area contributed by atoms with Gasteiger partial charge in [0.25, 0.3) is 0 Å². The van der Waals surface area contributed by atoms with Crippen molar-refractivity contribution in [2.45, 2.75) is 12.6 Å². The Morgan fingerprint density at radius 1 is 1.30 bits per heavy atom. The summed E-state index contributed by atoms with van der Waals surface area (Å²) >= 11 is 3.61. The molecule has 0 unspecified atom stereocenters. The molecule has 1 fully saturated rings. The Bertz CT molecular complexity index is 569. The van der Waals surface area contributed by atoms with E-state index in [2.05, 4.69) is 60.9 Å². The molecule has 2 heterocycles. The number of likely N-dealkylation sites (N-methyl/N-ethyl adjacent to an activating group) is 1. The molecule has 0 amide bonds. The van der Waals surface area contributed by atoms with E-state index in [4.69, 9.17) is 0 Å². The van der Waals surface area contributed by atoms with Crippen LogP contribution in [0, 0.1) is 0 Å². The largest absolute Gasteiger partial charge is 0.352 e. The lowest BCUT2D eigenvalue weighted by atomic mass is 10.1. The molecule has 1 aliphatic heterocycles. The third-order valence-corrected chi connectivity index (χ3v) is 4.51. The van der Waals surface area contributed by atoms with Gasteiger partial charge in [0.2, 0.25) is 0 Å². The van der Waals surface area contributed by atoms with Gasteiger partial charge in [-0.15, -0.1) is 0 Å². The van der Waals surface area contributed by atoms with Gasteiger partial charge in [-0.3, -0.25) is 9.88 Å². The summed E-state index contributed by atoms with van der Waals surface area (Å²) in [5.74, 6) is 0.970. The van der Waals surface area contributed by atoms with Gasteiger partial charge < -0.3 is 4.90 Å². The number of aromatic nitrogens is 2. The van der Waals surface area contributed by atoms with Crippen LogP contribution in [0.2, 0.25) is 0 Å². The molecule has 1 aromatic carbocycles. The summed E-state index contributed by atoms with van der Waals surface area (Å²) in [4.78, 5) is 13.1. The molecule has 0 saturated carbocycles. The first-order valence-electron chi connectivity index (χ1n) is 6.68. The third kappa shape index (κ3) is 2.83. The Balaban J connectivity index is 1.56. The fourth-order valence-corrected chi connectivity index (χ4v) is 2.81. The van der Waals surface area contributed by atoms with Crippen LogP contribution < -0.4 is 4.90 Å². The summed E-state index contributed by atoms with van der Waals surface area (Å²) in [6.45, 7) is 2.99. The van der Waals surface area contributed by atoms with Crippen molar-refractivity contribution in [1.29, 1.82) is 0 Å². The molecule has 0 bridgehead atoms. The Morgan fingerprint density at radius 2 is 2.10 bits per heavy atom. The second-order valence-corrected chi connectivity index (χ2v) is 5.98. The molecule has 1 aromatic heterocycles. The zero-order valence-corrected chi connectivity index (χ0v) is 13.0. The Kier molecular flexibility index (Phi) is 3.98. The van der Waals surface area contributed by atoms with Crippen molar-refractivity contribution in [3.63, 3.8) is 0 Å². The Hall–Kier alpha value is -1.46. The SMILES string of the molecule is CN(Cc1ccccc1Br)C1CN(c2cnccn2)C1. The van der Waals surface area contributed by atoms with E-state index < -0.39 is 0 Å². The predicted molar refractivity (Wildman–Crippen MR) is 83.6 cm³/mol.